The molecule has 3 heteroatoms. The van der Waals surface area contributed by atoms with Crippen molar-refractivity contribution in [1.82, 2.24) is 0 Å². The fourth-order valence-electron chi connectivity index (χ4n) is 9.51. The maximum atomic E-state index is 12.2. The molecule has 0 radical (unpaired) electrons. The molecule has 1 aliphatic heterocycles. The molecule has 148 valence electrons. The van der Waals surface area contributed by atoms with Gasteiger partial charge in [-0.25, -0.2) is 4.79 Å². The second-order valence-corrected chi connectivity index (χ2v) is 11.2. The minimum atomic E-state index is -0.297. The molecule has 0 aromatic heterocycles. The van der Waals surface area contributed by atoms with Crippen LogP contribution in [0.5, 0.6) is 0 Å². The summed E-state index contributed by atoms with van der Waals surface area (Å²) in [6.07, 6.45) is 16.6. The van der Waals surface area contributed by atoms with Gasteiger partial charge >= 0.3 is 5.97 Å². The number of carbonyl (C=O) groups is 2. The first kappa shape index (κ1) is 16.4. The summed E-state index contributed by atoms with van der Waals surface area (Å²) < 4.78 is 6.19. The van der Waals surface area contributed by atoms with Crippen molar-refractivity contribution in [3.8, 4) is 0 Å². The van der Waals surface area contributed by atoms with Crippen molar-refractivity contribution in [2.45, 2.75) is 70.3 Å². The van der Waals surface area contributed by atoms with E-state index in [1.165, 1.54) is 38.5 Å². The largest absolute Gasteiger partial charge is 0.451 e. The molecule has 5 saturated carbocycles. The highest BCUT2D eigenvalue weighted by atomic mass is 16.6. The Kier molecular flexibility index (Phi) is 2.84. The lowest BCUT2D eigenvalue weighted by Crippen LogP contribution is -2.57. The maximum Gasteiger partial charge on any atom is 0.331 e. The van der Waals surface area contributed by atoms with Crippen LogP contribution in [0.3, 0.4) is 0 Å². The number of hydrogen-bond donors (Lipinski definition) is 0. The van der Waals surface area contributed by atoms with Crippen LogP contribution in [0.2, 0.25) is 0 Å². The number of carbonyl (C=O) groups excluding carboxylic acids is 2. The van der Waals surface area contributed by atoms with E-state index in [-0.39, 0.29) is 17.0 Å². The summed E-state index contributed by atoms with van der Waals surface area (Å²) in [5, 5.41) is 0. The highest BCUT2D eigenvalue weighted by molar-refractivity contribution is 5.91. The average molecular weight is 379 g/mol. The average Bonchev–Trinajstić information content (AvgIpc) is 3.60. The lowest BCUT2D eigenvalue weighted by molar-refractivity contribution is -0.173. The molecule has 5 fully saturated rings. The van der Waals surface area contributed by atoms with Gasteiger partial charge in [0, 0.05) is 23.8 Å². The van der Waals surface area contributed by atoms with Gasteiger partial charge in [-0.1, -0.05) is 12.5 Å². The Morgan fingerprint density at radius 3 is 2.68 bits per heavy atom. The van der Waals surface area contributed by atoms with Crippen LogP contribution < -0.4 is 0 Å². The summed E-state index contributed by atoms with van der Waals surface area (Å²) in [6, 6.07) is 0. The van der Waals surface area contributed by atoms with E-state index in [2.05, 4.69) is 19.1 Å². The first-order valence-electron chi connectivity index (χ1n) is 11.7. The molecular formula is C25H30O3. The molecule has 2 spiro atoms. The Balaban J connectivity index is 1.33. The maximum absolute atomic E-state index is 12.2. The molecule has 28 heavy (non-hydrogen) atoms. The Labute approximate surface area is 167 Å². The zero-order valence-electron chi connectivity index (χ0n) is 16.8. The summed E-state index contributed by atoms with van der Waals surface area (Å²) in [6.45, 7) is 2.35. The van der Waals surface area contributed by atoms with Crippen molar-refractivity contribution >= 4 is 11.8 Å². The number of hydrogen-bond acceptors (Lipinski definition) is 3. The van der Waals surface area contributed by atoms with Crippen LogP contribution in [0.1, 0.15) is 64.7 Å². The van der Waals surface area contributed by atoms with Gasteiger partial charge in [0.1, 0.15) is 5.60 Å². The van der Waals surface area contributed by atoms with Crippen LogP contribution in [0, 0.1) is 46.3 Å². The van der Waals surface area contributed by atoms with Gasteiger partial charge in [0.25, 0.3) is 0 Å². The highest BCUT2D eigenvalue weighted by Crippen LogP contribution is 2.80. The summed E-state index contributed by atoms with van der Waals surface area (Å²) >= 11 is 0. The van der Waals surface area contributed by atoms with Gasteiger partial charge in [0.15, 0.2) is 5.78 Å². The molecule has 0 bridgehead atoms. The van der Waals surface area contributed by atoms with E-state index in [0.717, 1.165) is 37.0 Å². The molecule has 0 N–H and O–H groups in total. The van der Waals surface area contributed by atoms with Gasteiger partial charge < -0.3 is 4.74 Å². The van der Waals surface area contributed by atoms with Crippen molar-refractivity contribution in [2.75, 3.05) is 0 Å². The summed E-state index contributed by atoms with van der Waals surface area (Å²) in [4.78, 5) is 24.4. The van der Waals surface area contributed by atoms with Crippen molar-refractivity contribution in [1.29, 1.82) is 0 Å². The molecular weight excluding hydrogens is 348 g/mol. The molecule has 7 aliphatic rings. The van der Waals surface area contributed by atoms with E-state index in [9.17, 15) is 9.59 Å². The lowest BCUT2D eigenvalue weighted by atomic mass is 9.46. The number of rotatable bonds is 1. The first-order chi connectivity index (χ1) is 13.5. The topological polar surface area (TPSA) is 43.4 Å². The van der Waals surface area contributed by atoms with E-state index in [1.807, 2.05) is 0 Å². The zero-order chi connectivity index (χ0) is 18.9. The molecule has 3 unspecified atom stereocenters. The van der Waals surface area contributed by atoms with Crippen molar-refractivity contribution in [3.63, 3.8) is 0 Å². The van der Waals surface area contributed by atoms with Crippen molar-refractivity contribution in [3.05, 3.63) is 23.8 Å². The van der Waals surface area contributed by atoms with E-state index >= 15 is 0 Å². The van der Waals surface area contributed by atoms with E-state index in [4.69, 9.17) is 4.74 Å². The van der Waals surface area contributed by atoms with Gasteiger partial charge in [0.2, 0.25) is 0 Å². The van der Waals surface area contributed by atoms with Crippen molar-refractivity contribution in [2.24, 2.45) is 46.3 Å². The van der Waals surface area contributed by atoms with E-state index in [1.54, 1.807) is 11.6 Å². The molecule has 1 heterocycles. The normalized spacial score (nSPS) is 54.0. The molecule has 6 aliphatic carbocycles. The van der Waals surface area contributed by atoms with Gasteiger partial charge in [-0.05, 0) is 98.5 Å². The van der Waals surface area contributed by atoms with Crippen LogP contribution >= 0.6 is 0 Å². The van der Waals surface area contributed by atoms with Crippen LogP contribution in [-0.4, -0.2) is 17.4 Å². The standard InChI is InChI=1S/C25H30O3/c1-2-24-7-5-15-16-4-3-14(26)11-19(16)23(9-10-23)13-18(15)22(24)17-12-20(17)25(24)8-6-21(27)28-25/h6,8,11,15-18,20,22H,2-5,7,9-10,12-13H2,1H3/t15?,16-,17-,18?,20+,22?,24+,25+/m1/s1. The molecule has 0 amide bonds. The van der Waals surface area contributed by atoms with Crippen molar-refractivity contribution < 1.29 is 14.3 Å². The third-order valence-corrected chi connectivity index (χ3v) is 10.6. The SMILES string of the molecule is CC[C@]12CCC3C(CC4(CC4)C4=CC(=O)CC[C@@H]43)C1[C@@H]1C[C@@H]1[C@@]21C=CC(=O)O1. The van der Waals surface area contributed by atoms with Crippen LogP contribution in [-0.2, 0) is 14.3 Å². The van der Waals surface area contributed by atoms with Gasteiger partial charge in [-0.3, -0.25) is 4.79 Å². The fourth-order valence-corrected chi connectivity index (χ4v) is 9.51. The third-order valence-electron chi connectivity index (χ3n) is 10.6. The Hall–Kier alpha value is -1.38. The van der Waals surface area contributed by atoms with Gasteiger partial charge in [0.05, 0.1) is 0 Å². The Morgan fingerprint density at radius 1 is 1.11 bits per heavy atom. The smallest absolute Gasteiger partial charge is 0.331 e. The predicted molar refractivity (Wildman–Crippen MR) is 104 cm³/mol. The van der Waals surface area contributed by atoms with Crippen LogP contribution in [0.25, 0.3) is 0 Å². The van der Waals surface area contributed by atoms with Crippen LogP contribution in [0.4, 0.5) is 0 Å². The first-order valence-corrected chi connectivity index (χ1v) is 11.7. The quantitative estimate of drug-likeness (QED) is 0.626. The fraction of sp³-hybridized carbons (Fsp3) is 0.760. The number of allylic oxidation sites excluding steroid dienone is 1. The lowest BCUT2D eigenvalue weighted by Gasteiger charge is -2.59. The second-order valence-electron chi connectivity index (χ2n) is 11.2. The molecule has 0 aromatic carbocycles. The summed E-state index contributed by atoms with van der Waals surface area (Å²) in [7, 11) is 0. The summed E-state index contributed by atoms with van der Waals surface area (Å²) in [5.41, 5.74) is 1.78. The summed E-state index contributed by atoms with van der Waals surface area (Å²) in [5.74, 6) is 4.49. The molecule has 8 atom stereocenters. The van der Waals surface area contributed by atoms with Gasteiger partial charge in [-0.15, -0.1) is 0 Å². The minimum Gasteiger partial charge on any atom is -0.451 e. The van der Waals surface area contributed by atoms with E-state index < -0.39 is 0 Å². The van der Waals surface area contributed by atoms with Gasteiger partial charge in [-0.2, -0.15) is 0 Å². The van der Waals surface area contributed by atoms with Crippen LogP contribution in [0.15, 0.2) is 23.8 Å². The Bertz CT molecular complexity index is 863. The number of ketones is 1. The molecule has 0 aromatic rings. The number of ether oxygens (including phenoxy) is 1. The van der Waals surface area contributed by atoms with E-state index in [0.29, 0.717) is 29.0 Å². The number of esters is 1. The Morgan fingerprint density at radius 2 is 1.96 bits per heavy atom. The molecule has 3 nitrogen and oxygen atoms in total. The second kappa shape index (κ2) is 4.84. The number of fused-ring (bicyclic) bond motifs is 10. The third kappa shape index (κ3) is 1.67. The zero-order valence-corrected chi connectivity index (χ0v) is 16.8. The highest BCUT2D eigenvalue weighted by Gasteiger charge is 2.79. The molecule has 0 saturated heterocycles. The monoisotopic (exact) mass is 378 g/mol. The molecule has 7 rings (SSSR count). The predicted octanol–water partition coefficient (Wildman–Crippen LogP) is 4.62. The minimum absolute atomic E-state index is 0.112.